The summed E-state index contributed by atoms with van der Waals surface area (Å²) in [6.45, 7) is 3.95. The second-order valence-electron chi connectivity index (χ2n) is 7.62. The van der Waals surface area contributed by atoms with Gasteiger partial charge in [-0.05, 0) is 50.6 Å². The van der Waals surface area contributed by atoms with Gasteiger partial charge in [-0.2, -0.15) is 0 Å². The minimum absolute atomic E-state index is 0.159. The van der Waals surface area contributed by atoms with Crippen LogP contribution < -0.4 is 14.2 Å². The van der Waals surface area contributed by atoms with E-state index in [4.69, 9.17) is 14.2 Å². The zero-order valence-corrected chi connectivity index (χ0v) is 20.1. The highest BCUT2D eigenvalue weighted by Crippen LogP contribution is 2.46. The number of carbonyl (C=O) groups is 3. The van der Waals surface area contributed by atoms with Crippen LogP contribution in [0.3, 0.4) is 0 Å². The Bertz CT molecular complexity index is 1160. The summed E-state index contributed by atoms with van der Waals surface area (Å²) in [6, 6.07) is 8.71. The van der Waals surface area contributed by atoms with Crippen molar-refractivity contribution in [3.63, 3.8) is 0 Å². The van der Waals surface area contributed by atoms with E-state index in [1.54, 1.807) is 30.3 Å². The van der Waals surface area contributed by atoms with Gasteiger partial charge in [-0.1, -0.05) is 35.5 Å². The molecule has 0 aromatic heterocycles. The average Bonchev–Trinajstić information content (AvgIpc) is 2.82. The van der Waals surface area contributed by atoms with Crippen LogP contribution in [0.4, 0.5) is 0 Å². The van der Waals surface area contributed by atoms with Gasteiger partial charge in [-0.3, -0.25) is 14.4 Å². The first kappa shape index (κ1) is 24.3. The molecule has 33 heavy (non-hydrogen) atoms. The molecule has 172 valence electrons. The number of allylic oxidation sites excluding steroid dienone is 4. The molecule has 0 amide bonds. The molecule has 0 heterocycles. The summed E-state index contributed by atoms with van der Waals surface area (Å²) < 4.78 is 16.5. The lowest BCUT2D eigenvalue weighted by Gasteiger charge is -2.24. The number of ether oxygens (including phenoxy) is 3. The molecule has 2 aromatic carbocycles. The Morgan fingerprint density at radius 2 is 1.58 bits per heavy atom. The molecule has 0 radical (unpaired) electrons. The third-order valence-electron chi connectivity index (χ3n) is 5.24. The number of fused-ring (bicyclic) bond motifs is 1. The summed E-state index contributed by atoms with van der Waals surface area (Å²) in [5.74, 6) is 0.363. The molecule has 0 bridgehead atoms. The van der Waals surface area contributed by atoms with Crippen LogP contribution in [0.25, 0.3) is 0 Å². The number of methoxy groups -OCH3 is 3. The Morgan fingerprint density at radius 3 is 2.18 bits per heavy atom. The van der Waals surface area contributed by atoms with Crippen molar-refractivity contribution in [3.05, 3.63) is 76.4 Å². The second-order valence-corrected chi connectivity index (χ2v) is 8.80. The quantitative estimate of drug-likeness (QED) is 0.467. The molecule has 0 saturated carbocycles. The van der Waals surface area contributed by atoms with E-state index in [2.05, 4.69) is 0 Å². The van der Waals surface area contributed by atoms with Crippen LogP contribution in [0.15, 0.2) is 54.1 Å². The van der Waals surface area contributed by atoms with E-state index >= 15 is 0 Å². The van der Waals surface area contributed by atoms with Crippen LogP contribution in [-0.2, 0) is 0 Å². The van der Waals surface area contributed by atoms with Crippen molar-refractivity contribution in [3.8, 4) is 17.2 Å². The maximum Gasteiger partial charge on any atom is 0.223 e. The molecule has 6 nitrogen and oxygen atoms in total. The predicted octanol–water partition coefficient (Wildman–Crippen LogP) is 5.62. The zero-order valence-electron chi connectivity index (χ0n) is 19.3. The first-order chi connectivity index (χ1) is 15.8. The predicted molar refractivity (Wildman–Crippen MR) is 129 cm³/mol. The van der Waals surface area contributed by atoms with Gasteiger partial charge in [-0.25, -0.2) is 0 Å². The highest BCUT2D eigenvalue weighted by atomic mass is 32.2. The molecule has 1 aliphatic carbocycles. The molecule has 1 unspecified atom stereocenters. The zero-order chi connectivity index (χ0) is 24.1. The van der Waals surface area contributed by atoms with Crippen molar-refractivity contribution in [2.45, 2.75) is 25.5 Å². The van der Waals surface area contributed by atoms with Crippen molar-refractivity contribution < 1.29 is 28.6 Å². The Morgan fingerprint density at radius 1 is 0.939 bits per heavy atom. The fourth-order valence-electron chi connectivity index (χ4n) is 3.67. The van der Waals surface area contributed by atoms with Crippen LogP contribution >= 0.6 is 11.8 Å². The maximum atomic E-state index is 13.3. The SMILES string of the molecule is COc1ccccc1C(=O)SC(CC=C(C)C)c1cc(OC)c2c(c1OC)C(=O)C=CC2=O. The molecular formula is C26H26O6S. The molecule has 0 aliphatic heterocycles. The normalized spacial score (nSPS) is 13.2. The summed E-state index contributed by atoms with van der Waals surface area (Å²) in [6.07, 6.45) is 4.98. The molecular weight excluding hydrogens is 440 g/mol. The number of hydrogen-bond donors (Lipinski definition) is 0. The van der Waals surface area contributed by atoms with Gasteiger partial charge in [0.15, 0.2) is 11.6 Å². The summed E-state index contributed by atoms with van der Waals surface area (Å²) in [5.41, 5.74) is 2.48. The lowest BCUT2D eigenvalue weighted by molar-refractivity contribution is 0.0988. The number of benzene rings is 2. The van der Waals surface area contributed by atoms with E-state index in [1.165, 1.54) is 33.5 Å². The standard InChI is InChI=1S/C26H26O6S/c1-15(2)10-13-22(33-26(29)16-8-6-7-9-20(16)30-3)17-14-21(31-4)23-18(27)11-12-19(28)24(23)25(17)32-5/h6-12,14,22H,13H2,1-5H3. The molecule has 0 fully saturated rings. The average molecular weight is 467 g/mol. The fourth-order valence-corrected chi connectivity index (χ4v) is 4.71. The van der Waals surface area contributed by atoms with Crippen LogP contribution in [-0.4, -0.2) is 38.0 Å². The van der Waals surface area contributed by atoms with E-state index in [1.807, 2.05) is 19.9 Å². The van der Waals surface area contributed by atoms with Gasteiger partial charge in [0.25, 0.3) is 0 Å². The molecule has 1 aliphatic rings. The molecule has 0 spiro atoms. The smallest absolute Gasteiger partial charge is 0.223 e. The fraction of sp³-hybridized carbons (Fsp3) is 0.269. The molecule has 7 heteroatoms. The van der Waals surface area contributed by atoms with Crippen molar-refractivity contribution in [2.24, 2.45) is 0 Å². The van der Waals surface area contributed by atoms with E-state index in [-0.39, 0.29) is 39.3 Å². The number of hydrogen-bond acceptors (Lipinski definition) is 7. The van der Waals surface area contributed by atoms with E-state index in [9.17, 15) is 14.4 Å². The van der Waals surface area contributed by atoms with Gasteiger partial charge in [0.2, 0.25) is 5.12 Å². The second kappa shape index (κ2) is 10.5. The Kier molecular flexibility index (Phi) is 7.76. The minimum atomic E-state index is -0.403. The molecule has 0 saturated heterocycles. The third kappa shape index (κ3) is 5.03. The molecule has 0 N–H and O–H groups in total. The number of carbonyl (C=O) groups excluding carboxylic acids is 3. The number of rotatable bonds is 8. The van der Waals surface area contributed by atoms with Gasteiger partial charge in [-0.15, -0.1) is 0 Å². The van der Waals surface area contributed by atoms with Crippen molar-refractivity contribution in [1.29, 1.82) is 0 Å². The highest BCUT2D eigenvalue weighted by Gasteiger charge is 2.33. The summed E-state index contributed by atoms with van der Waals surface area (Å²) in [4.78, 5) is 38.6. The van der Waals surface area contributed by atoms with Gasteiger partial charge in [0.05, 0.1) is 38.0 Å². The van der Waals surface area contributed by atoms with Crippen molar-refractivity contribution in [1.82, 2.24) is 0 Å². The summed E-state index contributed by atoms with van der Waals surface area (Å²) in [7, 11) is 4.41. The minimum Gasteiger partial charge on any atom is -0.496 e. The lowest BCUT2D eigenvalue weighted by atomic mass is 9.89. The lowest BCUT2D eigenvalue weighted by Crippen LogP contribution is -2.17. The summed E-state index contributed by atoms with van der Waals surface area (Å²) >= 11 is 1.11. The highest BCUT2D eigenvalue weighted by molar-refractivity contribution is 8.14. The number of para-hydroxylation sites is 1. The first-order valence-corrected chi connectivity index (χ1v) is 11.2. The molecule has 3 rings (SSSR count). The van der Waals surface area contributed by atoms with Gasteiger partial charge >= 0.3 is 0 Å². The topological polar surface area (TPSA) is 78.9 Å². The third-order valence-corrected chi connectivity index (χ3v) is 6.40. The van der Waals surface area contributed by atoms with Gasteiger partial charge in [0, 0.05) is 10.8 Å². The van der Waals surface area contributed by atoms with Crippen molar-refractivity contribution in [2.75, 3.05) is 21.3 Å². The Labute approximate surface area is 197 Å². The van der Waals surface area contributed by atoms with Crippen LogP contribution in [0.5, 0.6) is 17.2 Å². The van der Waals surface area contributed by atoms with Crippen molar-refractivity contribution >= 4 is 28.4 Å². The maximum absolute atomic E-state index is 13.3. The monoisotopic (exact) mass is 466 g/mol. The van der Waals surface area contributed by atoms with Gasteiger partial charge < -0.3 is 14.2 Å². The first-order valence-electron chi connectivity index (χ1n) is 10.3. The van der Waals surface area contributed by atoms with E-state index < -0.39 is 5.25 Å². The summed E-state index contributed by atoms with van der Waals surface area (Å²) in [5, 5.41) is -0.582. The van der Waals surface area contributed by atoms with E-state index in [0.717, 1.165) is 17.3 Å². The van der Waals surface area contributed by atoms with Crippen LogP contribution in [0.1, 0.15) is 62.2 Å². The number of thioether (sulfide) groups is 1. The largest absolute Gasteiger partial charge is 0.496 e. The molecule has 1 atom stereocenters. The van der Waals surface area contributed by atoms with Crippen LogP contribution in [0.2, 0.25) is 0 Å². The van der Waals surface area contributed by atoms with E-state index in [0.29, 0.717) is 23.3 Å². The Hall–Kier alpha value is -3.32. The van der Waals surface area contributed by atoms with Gasteiger partial charge in [0.1, 0.15) is 17.2 Å². The molecule has 2 aromatic rings. The number of ketones is 2. The Balaban J connectivity index is 2.16. The van der Waals surface area contributed by atoms with Crippen LogP contribution in [0, 0.1) is 0 Å².